The van der Waals surface area contributed by atoms with E-state index >= 15 is 0 Å². The summed E-state index contributed by atoms with van der Waals surface area (Å²) in [5.41, 5.74) is 6.88. The van der Waals surface area contributed by atoms with Gasteiger partial charge in [0.05, 0.1) is 12.5 Å². The Balaban J connectivity index is 2.31. The molecular formula is C17H18FNO2. The smallest absolute Gasteiger partial charge is 0.221 e. The summed E-state index contributed by atoms with van der Waals surface area (Å²) in [6.45, 7) is 3.87. The number of carbonyl (C=O) groups is 1. The number of nitrogens with two attached hydrogens (primary N) is 1. The summed E-state index contributed by atoms with van der Waals surface area (Å²) in [6, 6.07) is 12.0. The zero-order chi connectivity index (χ0) is 15.4. The molecule has 0 aromatic heterocycles. The Hall–Kier alpha value is -2.36. The van der Waals surface area contributed by atoms with E-state index in [0.29, 0.717) is 16.9 Å². The molecule has 0 saturated heterocycles. The molecule has 0 aliphatic rings. The first-order chi connectivity index (χ1) is 9.95. The van der Waals surface area contributed by atoms with E-state index in [1.807, 2.05) is 32.0 Å². The summed E-state index contributed by atoms with van der Waals surface area (Å²) in [7, 11) is 0. The molecule has 0 atom stereocenters. The van der Waals surface area contributed by atoms with Gasteiger partial charge in [-0.2, -0.15) is 0 Å². The van der Waals surface area contributed by atoms with E-state index in [-0.39, 0.29) is 18.3 Å². The van der Waals surface area contributed by atoms with Crippen LogP contribution < -0.4 is 10.5 Å². The lowest BCUT2D eigenvalue weighted by Crippen LogP contribution is -2.13. The molecule has 0 fully saturated rings. The van der Waals surface area contributed by atoms with Crippen molar-refractivity contribution in [3.8, 4) is 16.9 Å². The van der Waals surface area contributed by atoms with Crippen LogP contribution in [0.5, 0.6) is 5.75 Å². The molecule has 2 aromatic carbocycles. The first-order valence-corrected chi connectivity index (χ1v) is 6.79. The molecule has 2 rings (SSSR count). The van der Waals surface area contributed by atoms with Crippen LogP contribution >= 0.6 is 0 Å². The number of hydrogen-bond donors (Lipinski definition) is 1. The Bertz CT molecular complexity index is 653. The van der Waals surface area contributed by atoms with Crippen molar-refractivity contribution in [2.24, 2.45) is 5.73 Å². The third-order valence-electron chi connectivity index (χ3n) is 2.93. The number of ether oxygens (including phenoxy) is 1. The molecule has 21 heavy (non-hydrogen) atoms. The topological polar surface area (TPSA) is 52.3 Å². The maximum atomic E-state index is 14.2. The Labute approximate surface area is 123 Å². The number of carbonyl (C=O) groups excluding carboxylic acids is 1. The van der Waals surface area contributed by atoms with Gasteiger partial charge in [-0.3, -0.25) is 4.79 Å². The van der Waals surface area contributed by atoms with Crippen molar-refractivity contribution >= 4 is 5.91 Å². The molecule has 0 heterocycles. The average Bonchev–Trinajstić information content (AvgIpc) is 2.37. The first kappa shape index (κ1) is 15.0. The highest BCUT2D eigenvalue weighted by Gasteiger charge is 2.09. The number of amides is 1. The number of halogens is 1. The fraction of sp³-hybridized carbons (Fsp3) is 0.235. The third kappa shape index (κ3) is 4.05. The summed E-state index contributed by atoms with van der Waals surface area (Å²) in [6.07, 6.45) is 0.0938. The zero-order valence-corrected chi connectivity index (χ0v) is 12.1. The quantitative estimate of drug-likeness (QED) is 0.917. The van der Waals surface area contributed by atoms with Gasteiger partial charge in [-0.15, -0.1) is 0 Å². The number of primary amides is 1. The highest BCUT2D eigenvalue weighted by Crippen LogP contribution is 2.27. The third-order valence-corrected chi connectivity index (χ3v) is 2.93. The standard InChI is InChI=1S/C17H18FNO2/c1-11(2)21-14-5-3-4-13(10-14)15-7-6-12(8-16(15)18)9-17(19)20/h3-8,10-11H,9H2,1-2H3,(H2,19,20). The molecule has 0 saturated carbocycles. The minimum absolute atomic E-state index is 0.0354. The second kappa shape index (κ2) is 6.39. The van der Waals surface area contributed by atoms with Gasteiger partial charge in [0.15, 0.2) is 0 Å². The van der Waals surface area contributed by atoms with Crippen molar-refractivity contribution in [1.82, 2.24) is 0 Å². The highest BCUT2D eigenvalue weighted by molar-refractivity contribution is 5.77. The lowest BCUT2D eigenvalue weighted by atomic mass is 10.0. The average molecular weight is 287 g/mol. The number of hydrogen-bond acceptors (Lipinski definition) is 2. The van der Waals surface area contributed by atoms with E-state index in [1.54, 1.807) is 18.2 Å². The number of rotatable bonds is 5. The predicted octanol–water partition coefficient (Wildman–Crippen LogP) is 3.31. The van der Waals surface area contributed by atoms with Crippen LogP contribution in [-0.2, 0) is 11.2 Å². The zero-order valence-electron chi connectivity index (χ0n) is 12.1. The van der Waals surface area contributed by atoms with Crippen LogP contribution in [0, 0.1) is 5.82 Å². The molecule has 0 aliphatic carbocycles. The minimum atomic E-state index is -0.477. The Morgan fingerprint density at radius 1 is 1.24 bits per heavy atom. The Morgan fingerprint density at radius 3 is 2.62 bits per heavy atom. The van der Waals surface area contributed by atoms with Crippen molar-refractivity contribution in [3.63, 3.8) is 0 Å². The van der Waals surface area contributed by atoms with Crippen LogP contribution in [0.3, 0.4) is 0 Å². The maximum absolute atomic E-state index is 14.2. The van der Waals surface area contributed by atoms with Gasteiger partial charge in [0, 0.05) is 5.56 Å². The first-order valence-electron chi connectivity index (χ1n) is 6.79. The van der Waals surface area contributed by atoms with E-state index in [1.165, 1.54) is 6.07 Å². The lowest BCUT2D eigenvalue weighted by Gasteiger charge is -2.11. The minimum Gasteiger partial charge on any atom is -0.491 e. The van der Waals surface area contributed by atoms with Gasteiger partial charge in [0.2, 0.25) is 5.91 Å². The fourth-order valence-electron chi connectivity index (χ4n) is 2.11. The Morgan fingerprint density at radius 2 is 2.00 bits per heavy atom. The van der Waals surface area contributed by atoms with Gasteiger partial charge in [-0.05, 0) is 43.2 Å². The second-order valence-electron chi connectivity index (χ2n) is 5.15. The number of benzene rings is 2. The maximum Gasteiger partial charge on any atom is 0.221 e. The van der Waals surface area contributed by atoms with Crippen LogP contribution in [0.1, 0.15) is 19.4 Å². The molecule has 0 aliphatic heterocycles. The van der Waals surface area contributed by atoms with E-state index in [0.717, 1.165) is 5.56 Å². The van der Waals surface area contributed by atoms with Gasteiger partial charge in [0.25, 0.3) is 0 Å². The summed E-state index contributed by atoms with van der Waals surface area (Å²) in [5.74, 6) is -0.159. The van der Waals surface area contributed by atoms with Crippen molar-refractivity contribution in [1.29, 1.82) is 0 Å². The summed E-state index contributed by atoms with van der Waals surface area (Å²) in [5, 5.41) is 0. The van der Waals surface area contributed by atoms with Gasteiger partial charge < -0.3 is 10.5 Å². The molecule has 4 heteroatoms. The van der Waals surface area contributed by atoms with Crippen molar-refractivity contribution in [2.45, 2.75) is 26.4 Å². The van der Waals surface area contributed by atoms with Gasteiger partial charge >= 0.3 is 0 Å². The molecule has 3 nitrogen and oxygen atoms in total. The monoisotopic (exact) mass is 287 g/mol. The van der Waals surface area contributed by atoms with Crippen LogP contribution in [0.4, 0.5) is 4.39 Å². The normalized spacial score (nSPS) is 10.7. The van der Waals surface area contributed by atoms with Crippen LogP contribution in [0.25, 0.3) is 11.1 Å². The highest BCUT2D eigenvalue weighted by atomic mass is 19.1. The second-order valence-corrected chi connectivity index (χ2v) is 5.15. The fourth-order valence-corrected chi connectivity index (χ4v) is 2.11. The van der Waals surface area contributed by atoms with E-state index in [4.69, 9.17) is 10.5 Å². The summed E-state index contributed by atoms with van der Waals surface area (Å²) < 4.78 is 19.8. The Kier molecular flexibility index (Phi) is 4.58. The summed E-state index contributed by atoms with van der Waals surface area (Å²) in [4.78, 5) is 10.9. The van der Waals surface area contributed by atoms with E-state index in [2.05, 4.69) is 0 Å². The molecule has 1 amide bonds. The van der Waals surface area contributed by atoms with Gasteiger partial charge in [0.1, 0.15) is 11.6 Å². The molecular weight excluding hydrogens is 269 g/mol. The molecule has 0 radical (unpaired) electrons. The predicted molar refractivity (Wildman–Crippen MR) is 80.5 cm³/mol. The molecule has 110 valence electrons. The lowest BCUT2D eigenvalue weighted by molar-refractivity contribution is -0.117. The molecule has 0 unspecified atom stereocenters. The summed E-state index contributed by atoms with van der Waals surface area (Å²) >= 11 is 0. The van der Waals surface area contributed by atoms with Crippen LogP contribution in [0.2, 0.25) is 0 Å². The van der Waals surface area contributed by atoms with Crippen molar-refractivity contribution < 1.29 is 13.9 Å². The van der Waals surface area contributed by atoms with E-state index in [9.17, 15) is 9.18 Å². The van der Waals surface area contributed by atoms with Crippen LogP contribution in [0.15, 0.2) is 42.5 Å². The van der Waals surface area contributed by atoms with Gasteiger partial charge in [-0.1, -0.05) is 24.3 Å². The molecule has 0 spiro atoms. The van der Waals surface area contributed by atoms with Gasteiger partial charge in [-0.25, -0.2) is 4.39 Å². The van der Waals surface area contributed by atoms with E-state index < -0.39 is 5.91 Å². The molecule has 2 N–H and O–H groups in total. The largest absolute Gasteiger partial charge is 0.491 e. The SMILES string of the molecule is CC(C)Oc1cccc(-c2ccc(CC(N)=O)cc2F)c1. The van der Waals surface area contributed by atoms with Crippen molar-refractivity contribution in [3.05, 3.63) is 53.8 Å². The van der Waals surface area contributed by atoms with Crippen LogP contribution in [-0.4, -0.2) is 12.0 Å². The molecule has 2 aromatic rings. The van der Waals surface area contributed by atoms with Crippen molar-refractivity contribution in [2.75, 3.05) is 0 Å². The molecule has 0 bridgehead atoms.